The maximum absolute atomic E-state index is 10.8. The Bertz CT molecular complexity index is 603. The summed E-state index contributed by atoms with van der Waals surface area (Å²) in [6.45, 7) is 6.90. The number of allylic oxidation sites excluding steroid dienone is 5. The number of aliphatic hydroxyl groups excluding tert-OH is 1. The first-order valence-electron chi connectivity index (χ1n) is 10.4. The number of rotatable bonds is 4. The van der Waals surface area contributed by atoms with Crippen LogP contribution in [0.2, 0.25) is 0 Å². The highest BCUT2D eigenvalue weighted by atomic mass is 16.4. The fraction of sp³-hybridized carbons (Fsp3) is 0.696. The van der Waals surface area contributed by atoms with E-state index in [0.717, 1.165) is 19.3 Å². The van der Waals surface area contributed by atoms with Crippen LogP contribution >= 0.6 is 0 Å². The molecule has 0 heterocycles. The molecule has 2 saturated carbocycles. The van der Waals surface area contributed by atoms with Gasteiger partial charge in [0.1, 0.15) is 0 Å². The van der Waals surface area contributed by atoms with Gasteiger partial charge in [0.15, 0.2) is 0 Å². The minimum atomic E-state index is -0.907. The van der Waals surface area contributed by atoms with E-state index in [2.05, 4.69) is 32.9 Å². The zero-order valence-corrected chi connectivity index (χ0v) is 16.3. The molecule has 0 aromatic carbocycles. The monoisotopic (exact) mass is 358 g/mol. The number of fused-ring (bicyclic) bond motifs is 2. The van der Waals surface area contributed by atoms with E-state index in [9.17, 15) is 9.90 Å². The Balaban J connectivity index is 1.94. The quantitative estimate of drug-likeness (QED) is 0.430. The van der Waals surface area contributed by atoms with Gasteiger partial charge in [0.25, 0.3) is 0 Å². The first-order chi connectivity index (χ1) is 12.4. The molecule has 0 amide bonds. The van der Waals surface area contributed by atoms with Crippen LogP contribution in [0.4, 0.5) is 0 Å². The van der Waals surface area contributed by atoms with Crippen LogP contribution in [0.25, 0.3) is 0 Å². The lowest BCUT2D eigenvalue weighted by Crippen LogP contribution is -2.50. The summed E-state index contributed by atoms with van der Waals surface area (Å²) in [5.41, 5.74) is 1.51. The molecule has 3 nitrogen and oxygen atoms in total. The summed E-state index contributed by atoms with van der Waals surface area (Å²) in [5, 5.41) is 19.6. The topological polar surface area (TPSA) is 57.5 Å². The van der Waals surface area contributed by atoms with Crippen molar-refractivity contribution in [2.75, 3.05) is 0 Å². The van der Waals surface area contributed by atoms with Gasteiger partial charge in [-0.15, -0.1) is 0 Å². The van der Waals surface area contributed by atoms with Crippen molar-refractivity contribution < 1.29 is 15.0 Å². The number of aliphatic hydroxyl groups is 1. The highest BCUT2D eigenvalue weighted by molar-refractivity contribution is 5.80. The Kier molecular flexibility index (Phi) is 6.06. The number of carbonyl (C=O) groups is 1. The first kappa shape index (κ1) is 19.4. The van der Waals surface area contributed by atoms with Crippen molar-refractivity contribution in [3.05, 3.63) is 36.0 Å². The van der Waals surface area contributed by atoms with Crippen LogP contribution in [0.5, 0.6) is 0 Å². The van der Waals surface area contributed by atoms with Gasteiger partial charge >= 0.3 is 5.97 Å². The summed E-state index contributed by atoms with van der Waals surface area (Å²) >= 11 is 0. The van der Waals surface area contributed by atoms with Crippen molar-refractivity contribution in [2.24, 2.45) is 41.4 Å². The Morgan fingerprint density at radius 3 is 2.73 bits per heavy atom. The van der Waals surface area contributed by atoms with E-state index >= 15 is 0 Å². The van der Waals surface area contributed by atoms with Crippen LogP contribution in [0.3, 0.4) is 0 Å². The van der Waals surface area contributed by atoms with Crippen LogP contribution < -0.4 is 0 Å². The fourth-order valence-electron chi connectivity index (χ4n) is 6.27. The number of carboxylic acid groups (broad SMARTS) is 1. The highest BCUT2D eigenvalue weighted by Gasteiger charge is 2.50. The Hall–Kier alpha value is -1.35. The lowest BCUT2D eigenvalue weighted by atomic mass is 9.51. The largest absolute Gasteiger partial charge is 0.478 e. The van der Waals surface area contributed by atoms with E-state index in [1.165, 1.54) is 24.5 Å². The zero-order valence-electron chi connectivity index (χ0n) is 16.3. The Morgan fingerprint density at radius 2 is 2.04 bits per heavy atom. The smallest absolute Gasteiger partial charge is 0.328 e. The molecule has 0 aromatic rings. The first-order valence-corrected chi connectivity index (χ1v) is 10.4. The number of hydrogen-bond acceptors (Lipinski definition) is 2. The maximum Gasteiger partial charge on any atom is 0.328 e. The average molecular weight is 359 g/mol. The number of aliphatic carboxylic acids is 1. The second kappa shape index (κ2) is 8.12. The van der Waals surface area contributed by atoms with Crippen molar-refractivity contribution in [1.82, 2.24) is 0 Å². The van der Waals surface area contributed by atoms with Crippen LogP contribution in [-0.2, 0) is 4.79 Å². The van der Waals surface area contributed by atoms with Crippen molar-refractivity contribution in [2.45, 2.75) is 59.0 Å². The van der Waals surface area contributed by atoms with E-state index in [4.69, 9.17) is 5.11 Å². The molecule has 0 bridgehead atoms. The molecule has 0 aromatic heterocycles. The van der Waals surface area contributed by atoms with Crippen molar-refractivity contribution in [3.8, 4) is 0 Å². The van der Waals surface area contributed by atoms with Crippen molar-refractivity contribution in [3.63, 3.8) is 0 Å². The fourth-order valence-corrected chi connectivity index (χ4v) is 6.27. The molecule has 3 rings (SSSR count). The third kappa shape index (κ3) is 3.83. The number of carboxylic acids is 1. The van der Waals surface area contributed by atoms with E-state index in [0.29, 0.717) is 41.4 Å². The van der Waals surface area contributed by atoms with E-state index in [1.807, 2.05) is 6.08 Å². The van der Waals surface area contributed by atoms with Gasteiger partial charge in [-0.2, -0.15) is 0 Å². The molecule has 1 unspecified atom stereocenters. The predicted octanol–water partition coefficient (Wildman–Crippen LogP) is 4.84. The molecule has 2 fully saturated rings. The minimum absolute atomic E-state index is 0.172. The van der Waals surface area contributed by atoms with Gasteiger partial charge in [0, 0.05) is 6.08 Å². The van der Waals surface area contributed by atoms with Crippen molar-refractivity contribution in [1.29, 1.82) is 0 Å². The lowest BCUT2D eigenvalue weighted by Gasteiger charge is -2.54. The molecule has 3 heteroatoms. The van der Waals surface area contributed by atoms with Crippen LogP contribution in [0.1, 0.15) is 52.9 Å². The molecule has 0 radical (unpaired) electrons. The van der Waals surface area contributed by atoms with Gasteiger partial charge < -0.3 is 10.2 Å². The summed E-state index contributed by atoms with van der Waals surface area (Å²) < 4.78 is 0. The summed E-state index contributed by atoms with van der Waals surface area (Å²) in [4.78, 5) is 10.8. The number of hydrogen-bond donors (Lipinski definition) is 2. The summed E-state index contributed by atoms with van der Waals surface area (Å²) in [5.74, 6) is 2.84. The van der Waals surface area contributed by atoms with Crippen LogP contribution in [-0.4, -0.2) is 22.3 Å². The molecule has 3 aliphatic rings. The van der Waals surface area contributed by atoms with Gasteiger partial charge in [0.05, 0.1) is 6.10 Å². The van der Waals surface area contributed by atoms with Gasteiger partial charge in [-0.3, -0.25) is 0 Å². The third-order valence-corrected chi connectivity index (χ3v) is 7.34. The average Bonchev–Trinajstić information content (AvgIpc) is 2.60. The van der Waals surface area contributed by atoms with Crippen molar-refractivity contribution >= 4 is 5.97 Å². The standard InChI is InChI=1S/C23H34O3/c1-4-16-11-15(3)22-17(12-16)13-19-20(24)10-9-14(2)23(19)18(22)7-5-6-8-21(25)26/h5-8,11,14,16-20,22-24H,4,9-10,12-13H2,1-3H3,(H,25,26)/b7-5+,8-6+/t14-,16?,17+,18+,19-,20-,22+,23-/m0/s1. The molecule has 26 heavy (non-hydrogen) atoms. The summed E-state index contributed by atoms with van der Waals surface area (Å²) in [6, 6.07) is 0. The van der Waals surface area contributed by atoms with Crippen LogP contribution in [0.15, 0.2) is 36.0 Å². The maximum atomic E-state index is 10.8. The van der Waals surface area contributed by atoms with E-state index in [-0.39, 0.29) is 6.10 Å². The molecule has 0 saturated heterocycles. The molecule has 3 aliphatic carbocycles. The van der Waals surface area contributed by atoms with Gasteiger partial charge in [-0.05, 0) is 80.5 Å². The third-order valence-electron chi connectivity index (χ3n) is 7.34. The Labute approximate surface area is 157 Å². The summed E-state index contributed by atoms with van der Waals surface area (Å²) in [6.07, 6.45) is 14.9. The highest BCUT2D eigenvalue weighted by Crippen LogP contribution is 2.56. The second-order valence-corrected chi connectivity index (χ2v) is 8.86. The summed E-state index contributed by atoms with van der Waals surface area (Å²) in [7, 11) is 0. The molecule has 0 spiro atoms. The normalized spacial score (nSPS) is 43.2. The van der Waals surface area contributed by atoms with Gasteiger partial charge in [-0.1, -0.05) is 43.7 Å². The lowest BCUT2D eigenvalue weighted by molar-refractivity contribution is -0.131. The van der Waals surface area contributed by atoms with E-state index < -0.39 is 5.97 Å². The van der Waals surface area contributed by atoms with E-state index in [1.54, 1.807) is 6.08 Å². The zero-order chi connectivity index (χ0) is 18.8. The molecular weight excluding hydrogens is 324 g/mol. The minimum Gasteiger partial charge on any atom is -0.478 e. The molecule has 8 atom stereocenters. The Morgan fingerprint density at radius 1 is 1.27 bits per heavy atom. The molecule has 144 valence electrons. The van der Waals surface area contributed by atoms with Gasteiger partial charge in [-0.25, -0.2) is 4.79 Å². The molecule has 2 N–H and O–H groups in total. The second-order valence-electron chi connectivity index (χ2n) is 8.86. The van der Waals surface area contributed by atoms with Gasteiger partial charge in [0.2, 0.25) is 0 Å². The SMILES string of the molecule is CCC1C=C(C)[C@@H]2[C@H](C1)C[C@@H]1[C@H]([C@@H]2/C=C/C=C/C(=O)O)[C@@H](C)CC[C@@H]1O. The predicted molar refractivity (Wildman–Crippen MR) is 105 cm³/mol. The molecule has 0 aliphatic heterocycles. The van der Waals surface area contributed by atoms with Crippen LogP contribution in [0, 0.1) is 41.4 Å². The molecular formula is C23H34O3.